The van der Waals surface area contributed by atoms with Crippen molar-refractivity contribution in [2.45, 2.75) is 119 Å². The van der Waals surface area contributed by atoms with Gasteiger partial charge in [-0.3, -0.25) is 14.4 Å². The Morgan fingerprint density at radius 3 is 0.833 bits per heavy atom. The molecule has 30 heavy (non-hydrogen) atoms. The number of carbonyl (C=O) groups excluding carboxylic acids is 3. The third-order valence-electron chi connectivity index (χ3n) is 3.91. The normalized spacial score (nSPS) is 9.40. The lowest BCUT2D eigenvalue weighted by Crippen LogP contribution is -1.99. The molecule has 0 N–H and O–H groups in total. The number of ether oxygens (including phenoxy) is 3. The van der Waals surface area contributed by atoms with Crippen LogP contribution < -0.4 is 0 Å². The number of rotatable bonds is 15. The van der Waals surface area contributed by atoms with Gasteiger partial charge in [-0.1, -0.05) is 78.6 Å². The van der Waals surface area contributed by atoms with E-state index in [1.165, 1.54) is 78.6 Å². The van der Waals surface area contributed by atoms with Crippen LogP contribution in [0.3, 0.4) is 0 Å². The molecule has 0 radical (unpaired) electrons. The molecule has 180 valence electrons. The first-order valence-corrected chi connectivity index (χ1v) is 11.7. The van der Waals surface area contributed by atoms with Gasteiger partial charge in [0.05, 0.1) is 19.8 Å². The molecular formula is C24H48O6. The summed E-state index contributed by atoms with van der Waals surface area (Å²) in [6, 6.07) is 0. The zero-order valence-electron chi connectivity index (χ0n) is 20.6. The lowest BCUT2D eigenvalue weighted by Gasteiger charge is -1.99. The van der Waals surface area contributed by atoms with E-state index in [-0.39, 0.29) is 17.9 Å². The fourth-order valence-corrected chi connectivity index (χ4v) is 2.23. The van der Waals surface area contributed by atoms with Gasteiger partial charge in [0, 0.05) is 20.8 Å². The number of carbonyl (C=O) groups is 3. The predicted molar refractivity (Wildman–Crippen MR) is 122 cm³/mol. The predicted octanol–water partition coefficient (Wildman–Crippen LogP) is 6.39. The van der Waals surface area contributed by atoms with Crippen molar-refractivity contribution in [2.75, 3.05) is 19.8 Å². The van der Waals surface area contributed by atoms with Crippen LogP contribution in [0.25, 0.3) is 0 Å². The summed E-state index contributed by atoms with van der Waals surface area (Å²) in [4.78, 5) is 30.8. The Bertz CT molecular complexity index is 325. The van der Waals surface area contributed by atoms with Crippen LogP contribution in [0.15, 0.2) is 0 Å². The lowest BCUT2D eigenvalue weighted by atomic mass is 10.2. The van der Waals surface area contributed by atoms with E-state index in [0.29, 0.717) is 19.8 Å². The quantitative estimate of drug-likeness (QED) is 0.169. The minimum absolute atomic E-state index is 0.170. The maximum Gasteiger partial charge on any atom is 0.302 e. The van der Waals surface area contributed by atoms with E-state index in [2.05, 4.69) is 20.8 Å². The average Bonchev–Trinajstić information content (AvgIpc) is 2.68. The van der Waals surface area contributed by atoms with Crippen LogP contribution in [0.2, 0.25) is 0 Å². The molecule has 0 atom stereocenters. The molecule has 0 aromatic carbocycles. The fourth-order valence-electron chi connectivity index (χ4n) is 2.23. The number of unbranched alkanes of at least 4 members (excludes halogenated alkanes) is 9. The van der Waals surface area contributed by atoms with E-state index in [9.17, 15) is 14.4 Å². The van der Waals surface area contributed by atoms with E-state index >= 15 is 0 Å². The molecular weight excluding hydrogens is 384 g/mol. The van der Waals surface area contributed by atoms with E-state index < -0.39 is 0 Å². The van der Waals surface area contributed by atoms with Gasteiger partial charge >= 0.3 is 17.9 Å². The molecule has 0 fully saturated rings. The number of hydrogen-bond donors (Lipinski definition) is 0. The van der Waals surface area contributed by atoms with Gasteiger partial charge in [-0.25, -0.2) is 0 Å². The van der Waals surface area contributed by atoms with Crippen LogP contribution in [0.5, 0.6) is 0 Å². The first kappa shape index (κ1) is 33.1. The second-order valence-corrected chi connectivity index (χ2v) is 7.20. The number of hydrogen-bond acceptors (Lipinski definition) is 6. The van der Waals surface area contributed by atoms with E-state index in [1.807, 2.05) is 0 Å². The first-order chi connectivity index (χ1) is 14.3. The summed E-state index contributed by atoms with van der Waals surface area (Å²) in [5.74, 6) is -0.510. The molecule has 0 heterocycles. The summed E-state index contributed by atoms with van der Waals surface area (Å²) < 4.78 is 14.2. The Hall–Kier alpha value is -1.59. The fraction of sp³-hybridized carbons (Fsp3) is 0.875. The van der Waals surface area contributed by atoms with Crippen molar-refractivity contribution in [3.8, 4) is 0 Å². The van der Waals surface area contributed by atoms with Crippen LogP contribution >= 0.6 is 0 Å². The Labute approximate surface area is 185 Å². The van der Waals surface area contributed by atoms with Crippen molar-refractivity contribution in [1.29, 1.82) is 0 Å². The van der Waals surface area contributed by atoms with Crippen molar-refractivity contribution in [3.05, 3.63) is 0 Å². The zero-order valence-corrected chi connectivity index (χ0v) is 20.6. The molecule has 6 heteroatoms. The molecule has 0 unspecified atom stereocenters. The zero-order chi connectivity index (χ0) is 23.5. The molecule has 0 aliphatic rings. The summed E-state index contributed by atoms with van der Waals surface area (Å²) in [5.41, 5.74) is 0. The minimum atomic E-state index is -0.170. The van der Waals surface area contributed by atoms with Crippen LogP contribution in [0.1, 0.15) is 119 Å². The second kappa shape index (κ2) is 29.6. The van der Waals surface area contributed by atoms with Gasteiger partial charge in [0.1, 0.15) is 0 Å². The molecule has 0 aliphatic carbocycles. The Balaban J connectivity index is -0.000000364. The van der Waals surface area contributed by atoms with Gasteiger partial charge in [-0.15, -0.1) is 0 Å². The summed E-state index contributed by atoms with van der Waals surface area (Å²) in [6.07, 6.45) is 13.9. The molecule has 0 aromatic heterocycles. The highest BCUT2D eigenvalue weighted by atomic mass is 16.5. The SMILES string of the molecule is CCCCCCOC(C)=O.CCCCCCOC(C)=O.CCCCCCOC(C)=O. The van der Waals surface area contributed by atoms with Crippen molar-refractivity contribution >= 4 is 17.9 Å². The van der Waals surface area contributed by atoms with Gasteiger partial charge in [-0.05, 0) is 19.3 Å². The van der Waals surface area contributed by atoms with Gasteiger partial charge in [0.25, 0.3) is 0 Å². The maximum absolute atomic E-state index is 10.3. The summed E-state index contributed by atoms with van der Waals surface area (Å²) in [5, 5.41) is 0. The monoisotopic (exact) mass is 432 g/mol. The highest BCUT2D eigenvalue weighted by Gasteiger charge is 1.92. The molecule has 0 amide bonds. The van der Waals surface area contributed by atoms with Gasteiger partial charge in [-0.2, -0.15) is 0 Å². The second-order valence-electron chi connectivity index (χ2n) is 7.20. The van der Waals surface area contributed by atoms with Gasteiger partial charge in [0.2, 0.25) is 0 Å². The highest BCUT2D eigenvalue weighted by Crippen LogP contribution is 1.99. The van der Waals surface area contributed by atoms with E-state index in [1.54, 1.807) is 0 Å². The van der Waals surface area contributed by atoms with E-state index in [4.69, 9.17) is 14.2 Å². The molecule has 0 aliphatic heterocycles. The smallest absolute Gasteiger partial charge is 0.302 e. The third-order valence-corrected chi connectivity index (χ3v) is 3.91. The molecule has 0 saturated heterocycles. The first-order valence-electron chi connectivity index (χ1n) is 11.7. The summed E-state index contributed by atoms with van der Waals surface area (Å²) in [7, 11) is 0. The topological polar surface area (TPSA) is 78.9 Å². The van der Waals surface area contributed by atoms with Gasteiger partial charge < -0.3 is 14.2 Å². The van der Waals surface area contributed by atoms with Crippen molar-refractivity contribution in [3.63, 3.8) is 0 Å². The average molecular weight is 433 g/mol. The Kier molecular flexibility index (Phi) is 32.6. The highest BCUT2D eigenvalue weighted by molar-refractivity contribution is 5.66. The molecule has 6 nitrogen and oxygen atoms in total. The maximum atomic E-state index is 10.3. The van der Waals surface area contributed by atoms with Crippen molar-refractivity contribution in [2.24, 2.45) is 0 Å². The van der Waals surface area contributed by atoms with Crippen LogP contribution in [0.4, 0.5) is 0 Å². The van der Waals surface area contributed by atoms with Crippen LogP contribution in [-0.4, -0.2) is 37.7 Å². The largest absolute Gasteiger partial charge is 0.466 e. The standard InChI is InChI=1S/3C8H16O2/c3*1-3-4-5-6-7-10-8(2)9/h3*3-7H2,1-2H3. The summed E-state index contributed by atoms with van der Waals surface area (Å²) >= 11 is 0. The Morgan fingerprint density at radius 1 is 0.433 bits per heavy atom. The van der Waals surface area contributed by atoms with Crippen molar-refractivity contribution < 1.29 is 28.6 Å². The van der Waals surface area contributed by atoms with E-state index in [0.717, 1.165) is 19.3 Å². The summed E-state index contributed by atoms with van der Waals surface area (Å²) in [6.45, 7) is 12.6. The van der Waals surface area contributed by atoms with Gasteiger partial charge in [0.15, 0.2) is 0 Å². The minimum Gasteiger partial charge on any atom is -0.466 e. The number of esters is 3. The van der Waals surface area contributed by atoms with Crippen molar-refractivity contribution in [1.82, 2.24) is 0 Å². The molecule has 0 bridgehead atoms. The third kappa shape index (κ3) is 45.3. The van der Waals surface area contributed by atoms with Crippen LogP contribution in [-0.2, 0) is 28.6 Å². The van der Waals surface area contributed by atoms with Crippen LogP contribution in [0, 0.1) is 0 Å². The molecule has 0 aromatic rings. The molecule has 0 spiro atoms. The lowest BCUT2D eigenvalue weighted by molar-refractivity contribution is -0.142. The Morgan fingerprint density at radius 2 is 0.667 bits per heavy atom. The molecule has 0 rings (SSSR count). The molecule has 0 saturated carbocycles.